The van der Waals surface area contributed by atoms with Crippen LogP contribution in [0, 0.1) is 0 Å². The molecule has 0 bridgehead atoms. The molecule has 1 amide bonds. The van der Waals surface area contributed by atoms with Gasteiger partial charge in [-0.25, -0.2) is 8.42 Å². The van der Waals surface area contributed by atoms with E-state index in [1.165, 1.54) is 16.4 Å². The lowest BCUT2D eigenvalue weighted by Crippen LogP contribution is -2.50. The Morgan fingerprint density at radius 2 is 1.41 bits per heavy atom. The number of piperazine rings is 1. The molecule has 4 rings (SSSR count). The molecule has 0 N–H and O–H groups in total. The second-order valence-corrected chi connectivity index (χ2v) is 9.50. The monoisotopic (exact) mass is 448 g/mol. The summed E-state index contributed by atoms with van der Waals surface area (Å²) < 4.78 is 27.3. The maximum absolute atomic E-state index is 13.0. The average molecular weight is 449 g/mol. The Bertz CT molecular complexity index is 1170. The van der Waals surface area contributed by atoms with E-state index in [0.717, 1.165) is 10.8 Å². The lowest BCUT2D eigenvalue weighted by molar-refractivity contribution is 0.0698. The molecule has 1 aliphatic heterocycles. The highest BCUT2D eigenvalue weighted by atomic mass is 35.5. The van der Waals surface area contributed by atoms with E-state index in [1.807, 2.05) is 36.4 Å². The van der Waals surface area contributed by atoms with Crippen molar-refractivity contribution in [3.8, 4) is 0 Å². The first-order chi connectivity index (χ1) is 13.9. The molecular formula is C21H18Cl2N2O3S. The molecule has 3 aromatic carbocycles. The van der Waals surface area contributed by atoms with Crippen molar-refractivity contribution in [2.24, 2.45) is 0 Å². The predicted molar refractivity (Wildman–Crippen MR) is 115 cm³/mol. The molecule has 1 fully saturated rings. The Kier molecular flexibility index (Phi) is 5.53. The minimum atomic E-state index is -3.83. The topological polar surface area (TPSA) is 57.7 Å². The second kappa shape index (κ2) is 7.95. The standard InChI is InChI=1S/C21H18Cl2N2O3S/c22-18-6-3-7-19(23)20(18)29(27,28)25-12-10-24(11-13-25)21(26)17-9-8-15-4-1-2-5-16(15)14-17/h1-9,14H,10-13H2. The highest BCUT2D eigenvalue weighted by Gasteiger charge is 2.33. The first kappa shape index (κ1) is 20.2. The molecule has 0 aliphatic carbocycles. The molecule has 0 aromatic heterocycles. The molecule has 1 aliphatic rings. The van der Waals surface area contributed by atoms with Crippen molar-refractivity contribution in [1.29, 1.82) is 0 Å². The molecule has 1 saturated heterocycles. The van der Waals surface area contributed by atoms with Crippen LogP contribution in [0.3, 0.4) is 0 Å². The van der Waals surface area contributed by atoms with E-state index in [9.17, 15) is 13.2 Å². The fourth-order valence-electron chi connectivity index (χ4n) is 3.49. The van der Waals surface area contributed by atoms with Crippen LogP contribution in [0.25, 0.3) is 10.8 Å². The van der Waals surface area contributed by atoms with Gasteiger partial charge in [-0.05, 0) is 35.0 Å². The summed E-state index contributed by atoms with van der Waals surface area (Å²) >= 11 is 12.2. The lowest BCUT2D eigenvalue weighted by atomic mass is 10.1. The van der Waals surface area contributed by atoms with Crippen LogP contribution >= 0.6 is 23.2 Å². The number of halogens is 2. The molecule has 1 heterocycles. The number of carbonyl (C=O) groups is 1. The molecule has 29 heavy (non-hydrogen) atoms. The van der Waals surface area contributed by atoms with Crippen LogP contribution < -0.4 is 0 Å². The van der Waals surface area contributed by atoms with Gasteiger partial charge in [-0.1, -0.05) is 59.6 Å². The Balaban J connectivity index is 1.50. The summed E-state index contributed by atoms with van der Waals surface area (Å²) in [6.45, 7) is 0.965. The quantitative estimate of drug-likeness (QED) is 0.600. The normalized spacial score (nSPS) is 15.6. The van der Waals surface area contributed by atoms with Gasteiger partial charge in [-0.3, -0.25) is 4.79 Å². The number of carbonyl (C=O) groups excluding carboxylic acids is 1. The number of hydrogen-bond donors (Lipinski definition) is 0. The first-order valence-electron chi connectivity index (χ1n) is 9.10. The van der Waals surface area contributed by atoms with Gasteiger partial charge in [-0.2, -0.15) is 4.31 Å². The van der Waals surface area contributed by atoms with Crippen molar-refractivity contribution in [3.05, 3.63) is 76.3 Å². The van der Waals surface area contributed by atoms with E-state index in [4.69, 9.17) is 23.2 Å². The summed E-state index contributed by atoms with van der Waals surface area (Å²) in [7, 11) is -3.83. The minimum Gasteiger partial charge on any atom is -0.336 e. The summed E-state index contributed by atoms with van der Waals surface area (Å²) in [4.78, 5) is 14.5. The molecule has 0 radical (unpaired) electrons. The highest BCUT2D eigenvalue weighted by molar-refractivity contribution is 7.89. The van der Waals surface area contributed by atoms with Crippen LogP contribution in [0.1, 0.15) is 10.4 Å². The summed E-state index contributed by atoms with van der Waals surface area (Å²) in [6.07, 6.45) is 0. The zero-order valence-electron chi connectivity index (χ0n) is 15.4. The fraction of sp³-hybridized carbons (Fsp3) is 0.190. The van der Waals surface area contributed by atoms with Gasteiger partial charge >= 0.3 is 0 Å². The molecule has 0 atom stereocenters. The largest absolute Gasteiger partial charge is 0.336 e. The van der Waals surface area contributed by atoms with E-state index < -0.39 is 10.0 Å². The Hall–Kier alpha value is -2.12. The third-order valence-electron chi connectivity index (χ3n) is 5.04. The van der Waals surface area contributed by atoms with Crippen molar-refractivity contribution < 1.29 is 13.2 Å². The number of amides is 1. The average Bonchev–Trinajstić information content (AvgIpc) is 2.72. The van der Waals surface area contributed by atoms with Gasteiger partial charge in [0.15, 0.2) is 0 Å². The highest BCUT2D eigenvalue weighted by Crippen LogP contribution is 2.32. The SMILES string of the molecule is O=C(c1ccc2ccccc2c1)N1CCN(S(=O)(=O)c2c(Cl)cccc2Cl)CC1. The van der Waals surface area contributed by atoms with Crippen LogP contribution in [0.4, 0.5) is 0 Å². The van der Waals surface area contributed by atoms with Crippen molar-refractivity contribution in [2.75, 3.05) is 26.2 Å². The number of sulfonamides is 1. The summed E-state index contributed by atoms with van der Waals surface area (Å²) in [6, 6.07) is 18.0. The van der Waals surface area contributed by atoms with Crippen molar-refractivity contribution >= 4 is 49.9 Å². The third-order valence-corrected chi connectivity index (χ3v) is 7.89. The molecule has 3 aromatic rings. The maximum Gasteiger partial charge on any atom is 0.253 e. The summed E-state index contributed by atoms with van der Waals surface area (Å²) in [5.74, 6) is -0.108. The van der Waals surface area contributed by atoms with E-state index in [0.29, 0.717) is 18.7 Å². The van der Waals surface area contributed by atoms with Crippen LogP contribution in [0.5, 0.6) is 0 Å². The van der Waals surface area contributed by atoms with Gasteiger partial charge in [0.2, 0.25) is 10.0 Å². The number of rotatable bonds is 3. The van der Waals surface area contributed by atoms with Gasteiger partial charge in [0.1, 0.15) is 4.90 Å². The fourth-order valence-corrected chi connectivity index (χ4v) is 6.01. The van der Waals surface area contributed by atoms with Gasteiger partial charge in [0.05, 0.1) is 10.0 Å². The smallest absolute Gasteiger partial charge is 0.253 e. The van der Waals surface area contributed by atoms with Gasteiger partial charge < -0.3 is 4.90 Å². The van der Waals surface area contributed by atoms with Gasteiger partial charge in [0, 0.05) is 31.7 Å². The predicted octanol–water partition coefficient (Wildman–Crippen LogP) is 4.29. The van der Waals surface area contributed by atoms with Crippen molar-refractivity contribution in [1.82, 2.24) is 9.21 Å². The van der Waals surface area contributed by atoms with Gasteiger partial charge in [0.25, 0.3) is 5.91 Å². The lowest BCUT2D eigenvalue weighted by Gasteiger charge is -2.34. The maximum atomic E-state index is 13.0. The van der Waals surface area contributed by atoms with Crippen LogP contribution in [-0.2, 0) is 10.0 Å². The molecule has 0 spiro atoms. The third kappa shape index (κ3) is 3.85. The number of fused-ring (bicyclic) bond motifs is 1. The first-order valence-corrected chi connectivity index (χ1v) is 11.3. The molecule has 0 unspecified atom stereocenters. The summed E-state index contributed by atoms with van der Waals surface area (Å²) in [5, 5.41) is 2.24. The van der Waals surface area contributed by atoms with E-state index in [1.54, 1.807) is 17.0 Å². The van der Waals surface area contributed by atoms with E-state index in [-0.39, 0.29) is 33.9 Å². The zero-order valence-corrected chi connectivity index (χ0v) is 17.7. The number of hydrogen-bond acceptors (Lipinski definition) is 3. The minimum absolute atomic E-state index is 0.0855. The number of benzene rings is 3. The number of nitrogens with zero attached hydrogens (tertiary/aromatic N) is 2. The second-order valence-electron chi connectivity index (χ2n) is 6.81. The summed E-state index contributed by atoms with van der Waals surface area (Å²) in [5.41, 5.74) is 0.592. The molecular weight excluding hydrogens is 431 g/mol. The molecule has 0 saturated carbocycles. The molecule has 5 nitrogen and oxygen atoms in total. The molecule has 8 heteroatoms. The van der Waals surface area contributed by atoms with Crippen molar-refractivity contribution in [3.63, 3.8) is 0 Å². The van der Waals surface area contributed by atoms with E-state index >= 15 is 0 Å². The van der Waals surface area contributed by atoms with Crippen LogP contribution in [-0.4, -0.2) is 49.7 Å². The van der Waals surface area contributed by atoms with Crippen LogP contribution in [0.15, 0.2) is 65.6 Å². The molecule has 150 valence electrons. The Morgan fingerprint density at radius 1 is 0.793 bits per heavy atom. The van der Waals surface area contributed by atoms with E-state index in [2.05, 4.69) is 0 Å². The Labute approximate surface area is 179 Å². The zero-order chi connectivity index (χ0) is 20.6. The van der Waals surface area contributed by atoms with Gasteiger partial charge in [-0.15, -0.1) is 0 Å². The Morgan fingerprint density at radius 3 is 2.07 bits per heavy atom. The van der Waals surface area contributed by atoms with Crippen LogP contribution in [0.2, 0.25) is 10.0 Å². The van der Waals surface area contributed by atoms with Crippen molar-refractivity contribution in [2.45, 2.75) is 4.90 Å².